The van der Waals surface area contributed by atoms with E-state index in [2.05, 4.69) is 10.4 Å². The average molecular weight is 487 g/mol. The fourth-order valence-electron chi connectivity index (χ4n) is 3.81. The number of amides is 1. The van der Waals surface area contributed by atoms with Gasteiger partial charge >= 0.3 is 0 Å². The van der Waals surface area contributed by atoms with Crippen molar-refractivity contribution in [2.75, 3.05) is 32.8 Å². The van der Waals surface area contributed by atoms with E-state index in [1.54, 1.807) is 0 Å². The lowest BCUT2D eigenvalue weighted by Crippen LogP contribution is -2.40. The summed E-state index contributed by atoms with van der Waals surface area (Å²) in [6.07, 6.45) is 3.28. The Morgan fingerprint density at radius 1 is 1.15 bits per heavy atom. The van der Waals surface area contributed by atoms with Gasteiger partial charge in [0.1, 0.15) is 5.82 Å². The van der Waals surface area contributed by atoms with Gasteiger partial charge in [0.15, 0.2) is 0 Å². The molecule has 0 unspecified atom stereocenters. The van der Waals surface area contributed by atoms with Crippen LogP contribution in [0.2, 0.25) is 0 Å². The van der Waals surface area contributed by atoms with Crippen molar-refractivity contribution in [3.8, 4) is 5.69 Å². The SMILES string of the molecule is Cc1nn(-c2ccccc2)cc1CCCNC(=O)c1cc(S(=O)(=O)N2CCOCC2)ccc1F. The van der Waals surface area contributed by atoms with Gasteiger partial charge in [-0.25, -0.2) is 17.5 Å². The predicted octanol–water partition coefficient (Wildman–Crippen LogP) is 2.70. The molecule has 8 nitrogen and oxygen atoms in total. The van der Waals surface area contributed by atoms with Crippen LogP contribution in [0.3, 0.4) is 0 Å². The summed E-state index contributed by atoms with van der Waals surface area (Å²) < 4.78 is 48.3. The number of morpholine rings is 1. The highest BCUT2D eigenvalue weighted by Crippen LogP contribution is 2.20. The fourth-order valence-corrected chi connectivity index (χ4v) is 5.24. The van der Waals surface area contributed by atoms with Gasteiger partial charge in [-0.05, 0) is 55.7 Å². The number of nitrogens with one attached hydrogen (secondary N) is 1. The van der Waals surface area contributed by atoms with Gasteiger partial charge in [-0.2, -0.15) is 9.40 Å². The summed E-state index contributed by atoms with van der Waals surface area (Å²) in [5.74, 6) is -1.41. The third kappa shape index (κ3) is 5.35. The Kier molecular flexibility index (Phi) is 7.40. The summed E-state index contributed by atoms with van der Waals surface area (Å²) >= 11 is 0. The van der Waals surface area contributed by atoms with Crippen molar-refractivity contribution in [2.24, 2.45) is 0 Å². The highest BCUT2D eigenvalue weighted by atomic mass is 32.2. The number of ether oxygens (including phenoxy) is 1. The molecule has 1 amide bonds. The van der Waals surface area contributed by atoms with E-state index in [0.717, 1.165) is 29.1 Å². The highest BCUT2D eigenvalue weighted by molar-refractivity contribution is 7.89. The van der Waals surface area contributed by atoms with Crippen molar-refractivity contribution in [2.45, 2.75) is 24.7 Å². The fraction of sp³-hybridized carbons (Fsp3) is 0.333. The number of carbonyl (C=O) groups excluding carboxylic acids is 1. The number of sulfonamides is 1. The molecule has 1 N–H and O–H groups in total. The predicted molar refractivity (Wildman–Crippen MR) is 125 cm³/mol. The first-order valence-corrected chi connectivity index (χ1v) is 12.6. The molecule has 1 fully saturated rings. The molecule has 2 aromatic carbocycles. The smallest absolute Gasteiger partial charge is 0.254 e. The minimum atomic E-state index is -3.82. The summed E-state index contributed by atoms with van der Waals surface area (Å²) in [4.78, 5) is 12.5. The second kappa shape index (κ2) is 10.5. The third-order valence-corrected chi connectivity index (χ3v) is 7.61. The zero-order valence-electron chi connectivity index (χ0n) is 18.9. The summed E-state index contributed by atoms with van der Waals surface area (Å²) in [6.45, 7) is 3.30. The molecule has 0 spiro atoms. The second-order valence-electron chi connectivity index (χ2n) is 8.04. The van der Waals surface area contributed by atoms with Gasteiger partial charge < -0.3 is 10.1 Å². The maximum Gasteiger partial charge on any atom is 0.254 e. The van der Waals surface area contributed by atoms with Gasteiger partial charge in [0.2, 0.25) is 10.0 Å². The third-order valence-electron chi connectivity index (χ3n) is 5.72. The Labute approximate surface area is 198 Å². The molecule has 10 heteroatoms. The van der Waals surface area contributed by atoms with Gasteiger partial charge in [-0.1, -0.05) is 18.2 Å². The second-order valence-corrected chi connectivity index (χ2v) is 9.98. The lowest BCUT2D eigenvalue weighted by Gasteiger charge is -2.26. The minimum Gasteiger partial charge on any atom is -0.379 e. The zero-order chi connectivity index (χ0) is 24.1. The van der Waals surface area contributed by atoms with E-state index in [-0.39, 0.29) is 23.5 Å². The molecule has 180 valence electrons. The standard InChI is InChI=1S/C24H27FN4O4S/c1-18-19(17-29(27-18)20-7-3-2-4-8-20)6-5-11-26-24(30)22-16-21(9-10-23(22)25)34(31,32)28-12-14-33-15-13-28/h2-4,7-10,16-17H,5-6,11-15H2,1H3,(H,26,30). The molecule has 34 heavy (non-hydrogen) atoms. The van der Waals surface area contributed by atoms with Crippen molar-refractivity contribution < 1.29 is 22.3 Å². The topological polar surface area (TPSA) is 93.5 Å². The Hall–Kier alpha value is -3.08. The minimum absolute atomic E-state index is 0.107. The molecule has 4 rings (SSSR count). The molecule has 0 aliphatic carbocycles. The largest absolute Gasteiger partial charge is 0.379 e. The number of aromatic nitrogens is 2. The summed E-state index contributed by atoms with van der Waals surface area (Å²) in [7, 11) is -3.82. The average Bonchev–Trinajstić information content (AvgIpc) is 3.23. The number of benzene rings is 2. The summed E-state index contributed by atoms with van der Waals surface area (Å²) in [5.41, 5.74) is 2.64. The number of para-hydroxylation sites is 1. The van der Waals surface area contributed by atoms with Crippen LogP contribution in [-0.2, 0) is 21.2 Å². The van der Waals surface area contributed by atoms with Crippen molar-refractivity contribution in [3.05, 3.63) is 77.4 Å². The number of aryl methyl sites for hydroxylation is 2. The first-order chi connectivity index (χ1) is 16.4. The van der Waals surface area contributed by atoms with Crippen molar-refractivity contribution in [3.63, 3.8) is 0 Å². The molecule has 0 saturated carbocycles. The molecule has 0 bridgehead atoms. The molecule has 1 aromatic heterocycles. The van der Waals surface area contributed by atoms with Crippen LogP contribution in [0.1, 0.15) is 28.0 Å². The van der Waals surface area contributed by atoms with E-state index >= 15 is 0 Å². The number of hydrogen-bond acceptors (Lipinski definition) is 5. The first kappa shape index (κ1) is 24.1. The van der Waals surface area contributed by atoms with Crippen molar-refractivity contribution in [1.82, 2.24) is 19.4 Å². The molecule has 1 saturated heterocycles. The molecule has 2 heterocycles. The van der Waals surface area contributed by atoms with Crippen molar-refractivity contribution in [1.29, 1.82) is 0 Å². The van der Waals surface area contributed by atoms with E-state index in [9.17, 15) is 17.6 Å². The summed E-state index contributed by atoms with van der Waals surface area (Å²) in [5, 5.41) is 7.23. The molecule has 0 radical (unpaired) electrons. The van der Waals surface area contributed by atoms with Crippen LogP contribution in [0, 0.1) is 12.7 Å². The molecular weight excluding hydrogens is 459 g/mol. The van der Waals surface area contributed by atoms with Crippen LogP contribution in [0.4, 0.5) is 4.39 Å². The number of carbonyl (C=O) groups is 1. The number of rotatable bonds is 8. The van der Waals surface area contributed by atoms with E-state index in [1.807, 2.05) is 48.1 Å². The Bertz CT molecular complexity index is 1260. The van der Waals surface area contributed by atoms with Crippen molar-refractivity contribution >= 4 is 15.9 Å². The highest BCUT2D eigenvalue weighted by Gasteiger charge is 2.27. The van der Waals surface area contributed by atoms with Crippen LogP contribution in [0.25, 0.3) is 5.69 Å². The van der Waals surface area contributed by atoms with E-state index in [4.69, 9.17) is 4.74 Å². The normalized spacial score (nSPS) is 14.8. The van der Waals surface area contributed by atoms with Gasteiger partial charge in [0.05, 0.1) is 35.1 Å². The molecule has 1 aliphatic heterocycles. The zero-order valence-corrected chi connectivity index (χ0v) is 19.7. The van der Waals surface area contributed by atoms with Gasteiger partial charge in [0, 0.05) is 25.8 Å². The van der Waals surface area contributed by atoms with Crippen LogP contribution < -0.4 is 5.32 Å². The maximum absolute atomic E-state index is 14.3. The first-order valence-electron chi connectivity index (χ1n) is 11.1. The lowest BCUT2D eigenvalue weighted by molar-refractivity contribution is 0.0730. The van der Waals surface area contributed by atoms with Gasteiger partial charge in [-0.15, -0.1) is 0 Å². The molecule has 1 aliphatic rings. The van der Waals surface area contributed by atoms with E-state index in [0.29, 0.717) is 32.6 Å². The Balaban J connectivity index is 1.36. The Morgan fingerprint density at radius 3 is 2.62 bits per heavy atom. The number of hydrogen-bond donors (Lipinski definition) is 1. The lowest BCUT2D eigenvalue weighted by atomic mass is 10.1. The van der Waals surface area contributed by atoms with Crippen LogP contribution >= 0.6 is 0 Å². The molecule has 0 atom stereocenters. The van der Waals surface area contributed by atoms with E-state index < -0.39 is 21.7 Å². The maximum atomic E-state index is 14.3. The number of nitrogens with zero attached hydrogens (tertiary/aromatic N) is 3. The molecular formula is C24H27FN4O4S. The van der Waals surface area contributed by atoms with E-state index in [1.165, 1.54) is 10.4 Å². The van der Waals surface area contributed by atoms with Gasteiger partial charge in [0.25, 0.3) is 5.91 Å². The quantitative estimate of drug-likeness (QED) is 0.494. The monoisotopic (exact) mass is 486 g/mol. The number of halogens is 1. The summed E-state index contributed by atoms with van der Waals surface area (Å²) in [6, 6.07) is 13.1. The van der Waals surface area contributed by atoms with Crippen LogP contribution in [0.15, 0.2) is 59.6 Å². The van der Waals surface area contributed by atoms with Crippen LogP contribution in [0.5, 0.6) is 0 Å². The van der Waals surface area contributed by atoms with Gasteiger partial charge in [-0.3, -0.25) is 4.79 Å². The molecule has 3 aromatic rings. The Morgan fingerprint density at radius 2 is 1.88 bits per heavy atom. The van der Waals surface area contributed by atoms with Crippen LogP contribution in [-0.4, -0.2) is 61.3 Å².